The van der Waals surface area contributed by atoms with E-state index in [1.54, 1.807) is 32.0 Å². The number of amidine groups is 1. The van der Waals surface area contributed by atoms with Crippen molar-refractivity contribution >= 4 is 11.5 Å². The number of halogens is 3. The van der Waals surface area contributed by atoms with Crippen LogP contribution in [0.15, 0.2) is 23.2 Å². The molecule has 0 unspecified atom stereocenters. The molecule has 0 heterocycles. The summed E-state index contributed by atoms with van der Waals surface area (Å²) in [6.45, 7) is 5.48. The van der Waals surface area contributed by atoms with Gasteiger partial charge in [0, 0.05) is 14.1 Å². The van der Waals surface area contributed by atoms with E-state index in [1.807, 2.05) is 13.8 Å². The highest BCUT2D eigenvalue weighted by molar-refractivity contribution is 5.82. The summed E-state index contributed by atoms with van der Waals surface area (Å²) in [7, 11) is 3.60. The van der Waals surface area contributed by atoms with Crippen molar-refractivity contribution in [1.29, 1.82) is 0 Å². The van der Waals surface area contributed by atoms with Gasteiger partial charge in [-0.25, -0.2) is 4.99 Å². The van der Waals surface area contributed by atoms with Crippen LogP contribution in [0.4, 0.5) is 18.9 Å². The second-order valence-electron chi connectivity index (χ2n) is 5.02. The minimum atomic E-state index is -4.35. The molecule has 5 heteroatoms. The second kappa shape index (κ2) is 5.63. The van der Waals surface area contributed by atoms with Crippen LogP contribution in [0.1, 0.15) is 37.8 Å². The standard InChI is InChI=1S/C14H19F3N2/c1-9(2)11-6-12(14(15,16)17)8-13(7-11)18-10(3)19(4)5/h6-9H,1-5H3/b18-10+. The van der Waals surface area contributed by atoms with Gasteiger partial charge in [-0.05, 0) is 36.6 Å². The van der Waals surface area contributed by atoms with E-state index < -0.39 is 11.7 Å². The van der Waals surface area contributed by atoms with Crippen LogP contribution in [0.2, 0.25) is 0 Å². The predicted molar refractivity (Wildman–Crippen MR) is 72.0 cm³/mol. The van der Waals surface area contributed by atoms with Crippen LogP contribution in [-0.2, 0) is 6.18 Å². The number of nitrogens with zero attached hydrogens (tertiary/aromatic N) is 2. The Bertz CT molecular complexity index is 474. The van der Waals surface area contributed by atoms with E-state index in [9.17, 15) is 13.2 Å². The highest BCUT2D eigenvalue weighted by Crippen LogP contribution is 2.34. The minimum Gasteiger partial charge on any atom is -0.366 e. The van der Waals surface area contributed by atoms with Crippen LogP contribution in [0, 0.1) is 0 Å². The molecule has 0 bridgehead atoms. The van der Waals surface area contributed by atoms with Gasteiger partial charge < -0.3 is 4.90 Å². The summed E-state index contributed by atoms with van der Waals surface area (Å²) in [4.78, 5) is 5.98. The lowest BCUT2D eigenvalue weighted by molar-refractivity contribution is -0.137. The Balaban J connectivity index is 3.33. The number of rotatable bonds is 2. The summed E-state index contributed by atoms with van der Waals surface area (Å²) in [5.74, 6) is 0.685. The van der Waals surface area contributed by atoms with Crippen molar-refractivity contribution in [3.63, 3.8) is 0 Å². The van der Waals surface area contributed by atoms with Crippen molar-refractivity contribution in [2.24, 2.45) is 4.99 Å². The molecule has 0 radical (unpaired) electrons. The number of alkyl halides is 3. The molecule has 0 aromatic heterocycles. The molecule has 0 saturated carbocycles. The van der Waals surface area contributed by atoms with Gasteiger partial charge in [0.1, 0.15) is 5.84 Å². The van der Waals surface area contributed by atoms with Crippen molar-refractivity contribution < 1.29 is 13.2 Å². The molecule has 0 amide bonds. The van der Waals surface area contributed by atoms with Gasteiger partial charge in [-0.15, -0.1) is 0 Å². The first-order chi connectivity index (χ1) is 8.61. The van der Waals surface area contributed by atoms with Gasteiger partial charge in [-0.3, -0.25) is 0 Å². The first kappa shape index (κ1) is 15.5. The average molecular weight is 272 g/mol. The van der Waals surface area contributed by atoms with Crippen LogP contribution in [0.25, 0.3) is 0 Å². The molecule has 0 aliphatic heterocycles. The quantitative estimate of drug-likeness (QED) is 0.574. The Hall–Kier alpha value is -1.52. The Morgan fingerprint density at radius 2 is 1.74 bits per heavy atom. The van der Waals surface area contributed by atoms with E-state index >= 15 is 0 Å². The van der Waals surface area contributed by atoms with E-state index in [0.717, 1.165) is 6.07 Å². The van der Waals surface area contributed by atoms with Gasteiger partial charge in [0.2, 0.25) is 0 Å². The largest absolute Gasteiger partial charge is 0.416 e. The van der Waals surface area contributed by atoms with E-state index in [-0.39, 0.29) is 5.92 Å². The lowest BCUT2D eigenvalue weighted by atomic mass is 9.99. The average Bonchev–Trinajstić information content (AvgIpc) is 2.27. The lowest BCUT2D eigenvalue weighted by Crippen LogP contribution is -2.17. The van der Waals surface area contributed by atoms with Gasteiger partial charge in [-0.2, -0.15) is 13.2 Å². The molecule has 0 saturated heterocycles. The third-order valence-electron chi connectivity index (χ3n) is 2.87. The molecule has 106 valence electrons. The number of aliphatic imine (C=N–C) groups is 1. The zero-order chi connectivity index (χ0) is 14.8. The van der Waals surface area contributed by atoms with Crippen LogP contribution in [-0.4, -0.2) is 24.8 Å². The number of benzene rings is 1. The smallest absolute Gasteiger partial charge is 0.366 e. The fraction of sp³-hybridized carbons (Fsp3) is 0.500. The monoisotopic (exact) mass is 272 g/mol. The molecule has 0 atom stereocenters. The van der Waals surface area contributed by atoms with Crippen LogP contribution in [0.3, 0.4) is 0 Å². The van der Waals surface area contributed by atoms with E-state index in [0.29, 0.717) is 17.1 Å². The van der Waals surface area contributed by atoms with E-state index in [2.05, 4.69) is 4.99 Å². The van der Waals surface area contributed by atoms with Gasteiger partial charge in [0.25, 0.3) is 0 Å². The Labute approximate surface area is 112 Å². The fourth-order valence-corrected chi connectivity index (χ4v) is 1.48. The van der Waals surface area contributed by atoms with Crippen molar-refractivity contribution in [2.75, 3.05) is 14.1 Å². The van der Waals surface area contributed by atoms with Crippen molar-refractivity contribution in [1.82, 2.24) is 4.90 Å². The fourth-order valence-electron chi connectivity index (χ4n) is 1.48. The molecular formula is C14H19F3N2. The van der Waals surface area contributed by atoms with Crippen molar-refractivity contribution in [3.8, 4) is 0 Å². The normalized spacial score (nSPS) is 13.0. The van der Waals surface area contributed by atoms with Crippen LogP contribution >= 0.6 is 0 Å². The van der Waals surface area contributed by atoms with Crippen LogP contribution < -0.4 is 0 Å². The molecule has 1 aromatic rings. The summed E-state index contributed by atoms with van der Waals surface area (Å²) >= 11 is 0. The summed E-state index contributed by atoms with van der Waals surface area (Å²) < 4.78 is 38.5. The van der Waals surface area contributed by atoms with Gasteiger partial charge in [0.15, 0.2) is 0 Å². The number of hydrogen-bond acceptors (Lipinski definition) is 1. The molecule has 0 fully saturated rings. The third kappa shape index (κ3) is 4.26. The lowest BCUT2D eigenvalue weighted by Gasteiger charge is -2.15. The maximum Gasteiger partial charge on any atom is 0.416 e. The van der Waals surface area contributed by atoms with E-state index in [1.165, 1.54) is 6.07 Å². The summed E-state index contributed by atoms with van der Waals surface area (Å²) in [6, 6.07) is 3.97. The molecule has 0 spiro atoms. The maximum atomic E-state index is 12.8. The van der Waals surface area contributed by atoms with Gasteiger partial charge >= 0.3 is 6.18 Å². The molecule has 0 aliphatic rings. The van der Waals surface area contributed by atoms with Gasteiger partial charge in [0.05, 0.1) is 11.3 Å². The molecule has 19 heavy (non-hydrogen) atoms. The maximum absolute atomic E-state index is 12.8. The topological polar surface area (TPSA) is 15.6 Å². The Morgan fingerprint density at radius 1 is 1.16 bits per heavy atom. The Morgan fingerprint density at radius 3 is 2.16 bits per heavy atom. The highest BCUT2D eigenvalue weighted by Gasteiger charge is 2.31. The highest BCUT2D eigenvalue weighted by atomic mass is 19.4. The van der Waals surface area contributed by atoms with E-state index in [4.69, 9.17) is 0 Å². The molecular weight excluding hydrogens is 253 g/mol. The molecule has 1 aromatic carbocycles. The molecule has 0 N–H and O–H groups in total. The van der Waals surface area contributed by atoms with Gasteiger partial charge in [-0.1, -0.05) is 13.8 Å². The molecule has 1 rings (SSSR count). The summed E-state index contributed by atoms with van der Waals surface area (Å²) in [5, 5.41) is 0. The summed E-state index contributed by atoms with van der Waals surface area (Å²) in [5.41, 5.74) is 0.328. The Kier molecular flexibility index (Phi) is 4.61. The molecule has 0 aliphatic carbocycles. The summed E-state index contributed by atoms with van der Waals surface area (Å²) in [6.07, 6.45) is -4.35. The zero-order valence-electron chi connectivity index (χ0n) is 11.8. The second-order valence-corrected chi connectivity index (χ2v) is 5.02. The SMILES string of the molecule is C/C(=N\c1cc(C(C)C)cc(C(F)(F)F)c1)N(C)C. The molecule has 2 nitrogen and oxygen atoms in total. The van der Waals surface area contributed by atoms with Crippen molar-refractivity contribution in [2.45, 2.75) is 32.9 Å². The minimum absolute atomic E-state index is 0.0240. The first-order valence-corrected chi connectivity index (χ1v) is 6.06. The predicted octanol–water partition coefficient (Wildman–Crippen LogP) is 4.44. The third-order valence-corrected chi connectivity index (χ3v) is 2.87. The first-order valence-electron chi connectivity index (χ1n) is 6.06. The van der Waals surface area contributed by atoms with Crippen molar-refractivity contribution in [3.05, 3.63) is 29.3 Å². The zero-order valence-corrected chi connectivity index (χ0v) is 11.8. The van der Waals surface area contributed by atoms with Crippen LogP contribution in [0.5, 0.6) is 0 Å². The number of hydrogen-bond donors (Lipinski definition) is 0.